The van der Waals surface area contributed by atoms with Crippen LogP contribution in [0.15, 0.2) is 60.7 Å². The van der Waals surface area contributed by atoms with Gasteiger partial charge >= 0.3 is 0 Å². The zero-order chi connectivity index (χ0) is 19.0. The maximum atomic E-state index is 5.84. The largest absolute Gasteiger partial charge is 0.493 e. The number of para-hydroxylation sites is 2. The van der Waals surface area contributed by atoms with Crippen molar-refractivity contribution in [3.8, 4) is 11.5 Å². The second-order valence-electron chi connectivity index (χ2n) is 7.63. The molecule has 0 N–H and O–H groups in total. The minimum Gasteiger partial charge on any atom is -0.493 e. The summed E-state index contributed by atoms with van der Waals surface area (Å²) in [5.41, 5.74) is 0.271. The molecule has 0 saturated carbocycles. The molecule has 2 aliphatic rings. The number of benzene rings is 2. The third-order valence-electron chi connectivity index (χ3n) is 4.62. The number of rotatable bonds is 7. The predicted molar refractivity (Wildman–Crippen MR) is 107 cm³/mol. The molecule has 0 atom stereocenters. The minimum atomic E-state index is -0.0360. The molecule has 0 aromatic heterocycles. The summed E-state index contributed by atoms with van der Waals surface area (Å²) in [7, 11) is 0. The fourth-order valence-electron chi connectivity index (χ4n) is 2.63. The van der Waals surface area contributed by atoms with Crippen molar-refractivity contribution in [1.29, 1.82) is 0 Å². The van der Waals surface area contributed by atoms with E-state index >= 15 is 0 Å². The molecule has 0 unspecified atom stereocenters. The van der Waals surface area contributed by atoms with Gasteiger partial charge in [-0.15, -0.1) is 11.6 Å². The van der Waals surface area contributed by atoms with Crippen LogP contribution in [0.3, 0.4) is 0 Å². The highest BCUT2D eigenvalue weighted by Crippen LogP contribution is 2.30. The SMILES string of the molecule is CC1(CCl)COC1.c1ccc(OCC2(COc3ccccc3)COC2)cc1. The summed E-state index contributed by atoms with van der Waals surface area (Å²) in [6.07, 6.45) is 0. The normalized spacial score (nSPS) is 18.9. The molecular formula is C22H27ClO4. The Kier molecular flexibility index (Phi) is 7.00. The molecule has 2 heterocycles. The van der Waals surface area contributed by atoms with Crippen LogP contribution in [0.25, 0.3) is 0 Å². The van der Waals surface area contributed by atoms with Gasteiger partial charge in [0.2, 0.25) is 0 Å². The molecule has 2 aliphatic heterocycles. The summed E-state index contributed by atoms with van der Waals surface area (Å²) >= 11 is 5.56. The number of hydrogen-bond acceptors (Lipinski definition) is 4. The maximum absolute atomic E-state index is 5.84. The van der Waals surface area contributed by atoms with E-state index < -0.39 is 0 Å². The van der Waals surface area contributed by atoms with E-state index in [2.05, 4.69) is 6.92 Å². The predicted octanol–water partition coefficient (Wildman–Crippen LogP) is 4.42. The average Bonchev–Trinajstić information content (AvgIpc) is 2.67. The lowest BCUT2D eigenvalue weighted by Crippen LogP contribution is -2.51. The standard InChI is InChI=1S/C17H18O3.C5H9ClO/c1-3-7-15(8-4-1)19-13-17(11-18-12-17)14-20-16-9-5-2-6-10-16;1-5(2-6)3-7-4-5/h1-10H,11-14H2;2-4H2,1H3. The van der Waals surface area contributed by atoms with Gasteiger partial charge < -0.3 is 18.9 Å². The van der Waals surface area contributed by atoms with Gasteiger partial charge in [0.15, 0.2) is 0 Å². The molecule has 146 valence electrons. The Morgan fingerprint density at radius 1 is 0.778 bits per heavy atom. The molecule has 2 aromatic carbocycles. The first kappa shape index (κ1) is 20.0. The fourth-order valence-corrected chi connectivity index (χ4v) is 2.79. The van der Waals surface area contributed by atoms with Gasteiger partial charge in [-0.2, -0.15) is 0 Å². The monoisotopic (exact) mass is 390 g/mol. The molecule has 27 heavy (non-hydrogen) atoms. The van der Waals surface area contributed by atoms with Gasteiger partial charge in [-0.25, -0.2) is 0 Å². The van der Waals surface area contributed by atoms with E-state index in [1.54, 1.807) is 0 Å². The Morgan fingerprint density at radius 3 is 1.48 bits per heavy atom. The van der Waals surface area contributed by atoms with E-state index in [4.69, 9.17) is 30.5 Å². The Balaban J connectivity index is 0.000000253. The van der Waals surface area contributed by atoms with Gasteiger partial charge in [0.1, 0.15) is 24.7 Å². The molecule has 2 saturated heterocycles. The summed E-state index contributed by atoms with van der Waals surface area (Å²) in [6, 6.07) is 19.7. The van der Waals surface area contributed by atoms with E-state index in [0.717, 1.165) is 30.6 Å². The van der Waals surface area contributed by atoms with Crippen molar-refractivity contribution in [2.24, 2.45) is 10.8 Å². The lowest BCUT2D eigenvalue weighted by molar-refractivity contribution is -0.149. The summed E-state index contributed by atoms with van der Waals surface area (Å²) in [5.74, 6) is 2.50. The summed E-state index contributed by atoms with van der Waals surface area (Å²) in [4.78, 5) is 0. The van der Waals surface area contributed by atoms with E-state index in [0.29, 0.717) is 31.8 Å². The number of ether oxygens (including phenoxy) is 4. The number of halogens is 1. The quantitative estimate of drug-likeness (QED) is 0.655. The second kappa shape index (κ2) is 9.45. The molecule has 5 heteroatoms. The fraction of sp³-hybridized carbons (Fsp3) is 0.455. The molecule has 0 bridgehead atoms. The third kappa shape index (κ3) is 5.86. The lowest BCUT2D eigenvalue weighted by Gasteiger charge is -2.40. The van der Waals surface area contributed by atoms with Crippen LogP contribution in [-0.4, -0.2) is 45.5 Å². The van der Waals surface area contributed by atoms with Crippen molar-refractivity contribution in [2.75, 3.05) is 45.5 Å². The van der Waals surface area contributed by atoms with E-state index in [-0.39, 0.29) is 5.41 Å². The van der Waals surface area contributed by atoms with E-state index in [1.807, 2.05) is 60.7 Å². The second-order valence-corrected chi connectivity index (χ2v) is 7.90. The van der Waals surface area contributed by atoms with Crippen molar-refractivity contribution in [3.63, 3.8) is 0 Å². The van der Waals surface area contributed by atoms with Crippen LogP contribution >= 0.6 is 11.6 Å². The van der Waals surface area contributed by atoms with E-state index in [9.17, 15) is 0 Å². The van der Waals surface area contributed by atoms with Crippen LogP contribution in [0.4, 0.5) is 0 Å². The Hall–Kier alpha value is -1.75. The molecule has 2 aromatic rings. The highest BCUT2D eigenvalue weighted by molar-refractivity contribution is 6.18. The summed E-state index contributed by atoms with van der Waals surface area (Å²) in [5, 5.41) is 0. The molecule has 4 rings (SSSR count). The first-order chi connectivity index (χ1) is 13.1. The highest BCUT2D eigenvalue weighted by atomic mass is 35.5. The Bertz CT molecular complexity index is 618. The molecule has 0 amide bonds. The van der Waals surface area contributed by atoms with Crippen molar-refractivity contribution < 1.29 is 18.9 Å². The van der Waals surface area contributed by atoms with Crippen LogP contribution in [0.5, 0.6) is 11.5 Å². The topological polar surface area (TPSA) is 36.9 Å². The van der Waals surface area contributed by atoms with Gasteiger partial charge in [-0.1, -0.05) is 43.3 Å². The molecule has 2 fully saturated rings. The number of alkyl halides is 1. The van der Waals surface area contributed by atoms with Crippen molar-refractivity contribution in [3.05, 3.63) is 60.7 Å². The van der Waals surface area contributed by atoms with Crippen LogP contribution in [0.1, 0.15) is 6.92 Å². The van der Waals surface area contributed by atoms with Crippen LogP contribution in [-0.2, 0) is 9.47 Å². The van der Waals surface area contributed by atoms with Crippen molar-refractivity contribution >= 4 is 11.6 Å². The number of hydrogen-bond donors (Lipinski definition) is 0. The van der Waals surface area contributed by atoms with Crippen LogP contribution < -0.4 is 9.47 Å². The summed E-state index contributed by atoms with van der Waals surface area (Å²) in [6.45, 7) is 6.42. The maximum Gasteiger partial charge on any atom is 0.119 e. The average molecular weight is 391 g/mol. The molecule has 0 spiro atoms. The van der Waals surface area contributed by atoms with Gasteiger partial charge in [0, 0.05) is 11.3 Å². The van der Waals surface area contributed by atoms with Gasteiger partial charge in [-0.05, 0) is 24.3 Å². The molecular weight excluding hydrogens is 364 g/mol. The van der Waals surface area contributed by atoms with Crippen LogP contribution in [0, 0.1) is 10.8 Å². The molecule has 0 radical (unpaired) electrons. The lowest BCUT2D eigenvalue weighted by atomic mass is 9.88. The Morgan fingerprint density at radius 2 is 1.22 bits per heavy atom. The van der Waals surface area contributed by atoms with E-state index in [1.165, 1.54) is 0 Å². The minimum absolute atomic E-state index is 0.0360. The highest BCUT2D eigenvalue weighted by Gasteiger charge is 2.40. The van der Waals surface area contributed by atoms with Crippen molar-refractivity contribution in [1.82, 2.24) is 0 Å². The van der Waals surface area contributed by atoms with Crippen LogP contribution in [0.2, 0.25) is 0 Å². The molecule has 4 nitrogen and oxygen atoms in total. The smallest absolute Gasteiger partial charge is 0.119 e. The summed E-state index contributed by atoms with van der Waals surface area (Å²) < 4.78 is 22.0. The van der Waals surface area contributed by atoms with Crippen molar-refractivity contribution in [2.45, 2.75) is 6.92 Å². The van der Waals surface area contributed by atoms with Gasteiger partial charge in [0.25, 0.3) is 0 Å². The first-order valence-corrected chi connectivity index (χ1v) is 9.74. The van der Waals surface area contributed by atoms with Gasteiger partial charge in [0.05, 0.1) is 31.8 Å². The van der Waals surface area contributed by atoms with Gasteiger partial charge in [-0.3, -0.25) is 0 Å². The molecule has 0 aliphatic carbocycles. The first-order valence-electron chi connectivity index (χ1n) is 9.20. The third-order valence-corrected chi connectivity index (χ3v) is 5.26. The zero-order valence-corrected chi connectivity index (χ0v) is 16.5. The Labute approximate surface area is 166 Å². The zero-order valence-electron chi connectivity index (χ0n) is 15.7.